The zero-order valence-electron chi connectivity index (χ0n) is 5.61. The highest BCUT2D eigenvalue weighted by Gasteiger charge is 2.26. The third kappa shape index (κ3) is 9.04. The van der Waals surface area contributed by atoms with Gasteiger partial charge in [0.15, 0.2) is 6.19 Å². The van der Waals surface area contributed by atoms with Gasteiger partial charge in [0.25, 0.3) is 0 Å². The summed E-state index contributed by atoms with van der Waals surface area (Å²) < 4.78 is 38.2. The zero-order chi connectivity index (χ0) is 8.74. The predicted octanol–water partition coefficient (Wildman–Crippen LogP) is 0.636. The van der Waals surface area contributed by atoms with Crippen molar-refractivity contribution in [1.29, 1.82) is 5.26 Å². The molecule has 0 saturated carbocycles. The molecule has 0 radical (unpaired) electrons. The fourth-order valence-electron chi connectivity index (χ4n) is 0.367. The largest absolute Gasteiger partial charge is 0.411 e. The van der Waals surface area contributed by atoms with Crippen LogP contribution in [0.2, 0.25) is 0 Å². The maximum Gasteiger partial charge on any atom is 0.411 e. The molecule has 0 atom stereocenters. The molecule has 1 N–H and O–H groups in total. The fourth-order valence-corrected chi connectivity index (χ4v) is 0.367. The van der Waals surface area contributed by atoms with Crippen LogP contribution in [0.1, 0.15) is 0 Å². The van der Waals surface area contributed by atoms with Gasteiger partial charge in [-0.25, -0.2) is 0 Å². The summed E-state index contributed by atoms with van der Waals surface area (Å²) in [6, 6.07) is 0. The molecule has 64 valence electrons. The Bertz CT molecular complexity index is 140. The second-order valence-corrected chi connectivity index (χ2v) is 1.71. The summed E-state index contributed by atoms with van der Waals surface area (Å²) in [7, 11) is 0. The van der Waals surface area contributed by atoms with Crippen molar-refractivity contribution in [2.45, 2.75) is 6.18 Å². The van der Waals surface area contributed by atoms with Crippen LogP contribution in [-0.2, 0) is 4.74 Å². The molecule has 0 aromatic heterocycles. The number of nitrogens with one attached hydrogen (secondary N) is 1. The van der Waals surface area contributed by atoms with E-state index in [2.05, 4.69) is 10.1 Å². The first-order valence-corrected chi connectivity index (χ1v) is 2.83. The predicted molar refractivity (Wildman–Crippen MR) is 30.5 cm³/mol. The molecular formula is C5H7F3N2O. The van der Waals surface area contributed by atoms with Crippen molar-refractivity contribution in [3.8, 4) is 6.19 Å². The molecule has 0 aliphatic carbocycles. The van der Waals surface area contributed by atoms with Gasteiger partial charge in [-0.05, 0) is 0 Å². The summed E-state index contributed by atoms with van der Waals surface area (Å²) in [4.78, 5) is 0. The minimum Gasteiger partial charge on any atom is -0.370 e. The number of hydrogen-bond donors (Lipinski definition) is 1. The topological polar surface area (TPSA) is 45.0 Å². The highest BCUT2D eigenvalue weighted by Crippen LogP contribution is 2.13. The Morgan fingerprint density at radius 2 is 2.09 bits per heavy atom. The Kier molecular flexibility index (Phi) is 4.38. The van der Waals surface area contributed by atoms with Gasteiger partial charge in [0, 0.05) is 6.54 Å². The van der Waals surface area contributed by atoms with Crippen molar-refractivity contribution < 1.29 is 17.9 Å². The molecular weight excluding hydrogens is 161 g/mol. The number of nitriles is 1. The van der Waals surface area contributed by atoms with E-state index in [1.807, 2.05) is 0 Å². The minimum absolute atomic E-state index is 0.104. The number of halogens is 3. The quantitative estimate of drug-likeness (QED) is 0.380. The average Bonchev–Trinajstić information content (AvgIpc) is 1.85. The molecule has 6 heteroatoms. The van der Waals surface area contributed by atoms with Gasteiger partial charge in [0.1, 0.15) is 6.61 Å². The van der Waals surface area contributed by atoms with Gasteiger partial charge < -0.3 is 10.1 Å². The first-order chi connectivity index (χ1) is 5.06. The van der Waals surface area contributed by atoms with Crippen molar-refractivity contribution in [2.24, 2.45) is 0 Å². The first-order valence-electron chi connectivity index (χ1n) is 2.83. The SMILES string of the molecule is N#CNCCOCC(F)(F)F. The zero-order valence-corrected chi connectivity index (χ0v) is 5.61. The summed E-state index contributed by atoms with van der Waals surface area (Å²) in [5, 5.41) is 10.0. The van der Waals surface area contributed by atoms with Crippen molar-refractivity contribution in [1.82, 2.24) is 5.32 Å². The monoisotopic (exact) mass is 168 g/mol. The van der Waals surface area contributed by atoms with Gasteiger partial charge in [0.2, 0.25) is 0 Å². The van der Waals surface area contributed by atoms with Crippen molar-refractivity contribution in [3.05, 3.63) is 0 Å². The summed E-state index contributed by atoms with van der Waals surface area (Å²) in [5.41, 5.74) is 0. The third-order valence-electron chi connectivity index (χ3n) is 0.716. The van der Waals surface area contributed by atoms with Crippen LogP contribution in [0.15, 0.2) is 0 Å². The molecule has 0 heterocycles. The van der Waals surface area contributed by atoms with Gasteiger partial charge in [-0.1, -0.05) is 0 Å². The lowest BCUT2D eigenvalue weighted by Crippen LogP contribution is -2.21. The van der Waals surface area contributed by atoms with Gasteiger partial charge in [-0.2, -0.15) is 18.4 Å². The smallest absolute Gasteiger partial charge is 0.370 e. The molecule has 0 aromatic carbocycles. The third-order valence-corrected chi connectivity index (χ3v) is 0.716. The molecule has 0 aliphatic heterocycles. The van der Waals surface area contributed by atoms with Gasteiger partial charge in [-0.3, -0.25) is 0 Å². The normalized spacial score (nSPS) is 10.7. The second kappa shape index (κ2) is 4.79. The van der Waals surface area contributed by atoms with Gasteiger partial charge in [-0.15, -0.1) is 0 Å². The lowest BCUT2D eigenvalue weighted by molar-refractivity contribution is -0.173. The van der Waals surface area contributed by atoms with E-state index in [1.165, 1.54) is 0 Å². The number of hydrogen-bond acceptors (Lipinski definition) is 3. The van der Waals surface area contributed by atoms with E-state index in [0.29, 0.717) is 0 Å². The molecule has 0 aromatic rings. The fraction of sp³-hybridized carbons (Fsp3) is 0.800. The van der Waals surface area contributed by atoms with E-state index in [1.54, 1.807) is 6.19 Å². The van der Waals surface area contributed by atoms with E-state index in [4.69, 9.17) is 5.26 Å². The van der Waals surface area contributed by atoms with Crippen molar-refractivity contribution >= 4 is 0 Å². The lowest BCUT2D eigenvalue weighted by atomic mass is 10.6. The number of nitrogens with zero attached hydrogens (tertiary/aromatic N) is 1. The van der Waals surface area contributed by atoms with E-state index in [-0.39, 0.29) is 13.2 Å². The Morgan fingerprint density at radius 1 is 1.45 bits per heavy atom. The Labute approximate surface area is 61.8 Å². The molecule has 0 amide bonds. The molecule has 11 heavy (non-hydrogen) atoms. The number of ether oxygens (including phenoxy) is 1. The average molecular weight is 168 g/mol. The number of alkyl halides is 3. The summed E-state index contributed by atoms with van der Waals surface area (Å²) in [6.45, 7) is -1.28. The summed E-state index contributed by atoms with van der Waals surface area (Å²) in [5.74, 6) is 0. The highest BCUT2D eigenvalue weighted by atomic mass is 19.4. The molecule has 0 fully saturated rings. The molecule has 3 nitrogen and oxygen atoms in total. The van der Waals surface area contributed by atoms with Gasteiger partial charge >= 0.3 is 6.18 Å². The number of rotatable bonds is 4. The summed E-state index contributed by atoms with van der Waals surface area (Å²) in [6.07, 6.45) is -2.73. The Morgan fingerprint density at radius 3 is 2.55 bits per heavy atom. The minimum atomic E-state index is -4.29. The van der Waals surface area contributed by atoms with Crippen molar-refractivity contribution in [3.63, 3.8) is 0 Å². The second-order valence-electron chi connectivity index (χ2n) is 1.71. The molecule has 0 spiro atoms. The molecule has 0 bridgehead atoms. The Hall–Kier alpha value is -0.960. The van der Waals surface area contributed by atoms with Crippen LogP contribution < -0.4 is 5.32 Å². The van der Waals surface area contributed by atoms with Crippen LogP contribution in [0.3, 0.4) is 0 Å². The maximum atomic E-state index is 11.4. The van der Waals surface area contributed by atoms with Crippen molar-refractivity contribution in [2.75, 3.05) is 19.8 Å². The lowest BCUT2D eigenvalue weighted by Gasteiger charge is -2.05. The first kappa shape index (κ1) is 10.0. The van der Waals surface area contributed by atoms with Crippen LogP contribution in [0.4, 0.5) is 13.2 Å². The molecule has 0 unspecified atom stereocenters. The highest BCUT2D eigenvalue weighted by molar-refractivity contribution is 4.63. The van der Waals surface area contributed by atoms with E-state index in [0.717, 1.165) is 0 Å². The van der Waals surface area contributed by atoms with Crippen LogP contribution in [0, 0.1) is 11.5 Å². The maximum absolute atomic E-state index is 11.4. The Balaban J connectivity index is 3.10. The van der Waals surface area contributed by atoms with Gasteiger partial charge in [0.05, 0.1) is 6.61 Å². The van der Waals surface area contributed by atoms with E-state index >= 15 is 0 Å². The molecule has 0 rings (SSSR count). The van der Waals surface area contributed by atoms with Crippen LogP contribution in [0.25, 0.3) is 0 Å². The molecule has 0 aliphatic rings. The van der Waals surface area contributed by atoms with Crippen LogP contribution in [0.5, 0.6) is 0 Å². The van der Waals surface area contributed by atoms with Crippen LogP contribution >= 0.6 is 0 Å². The van der Waals surface area contributed by atoms with Crippen LogP contribution in [-0.4, -0.2) is 25.9 Å². The van der Waals surface area contributed by atoms with E-state index in [9.17, 15) is 13.2 Å². The summed E-state index contributed by atoms with van der Waals surface area (Å²) >= 11 is 0. The van der Waals surface area contributed by atoms with E-state index < -0.39 is 12.8 Å². The standard InChI is InChI=1S/C5H7F3N2O/c6-5(7,8)3-11-2-1-10-4-9/h10H,1-3H2. The molecule has 0 saturated heterocycles.